The molecule has 0 aromatic heterocycles. The maximum Gasteiger partial charge on any atom is 0.335 e. The van der Waals surface area contributed by atoms with Crippen molar-refractivity contribution in [3.8, 4) is 5.75 Å². The molecule has 0 spiro atoms. The van der Waals surface area contributed by atoms with Gasteiger partial charge in [-0.05, 0) is 65.7 Å². The number of unbranched alkanes of at least 4 members (excludes halogenated alkanes) is 8. The summed E-state index contributed by atoms with van der Waals surface area (Å²) in [5, 5.41) is 18.4. The first kappa shape index (κ1) is 38.2. The number of halogens is 2. The minimum absolute atomic E-state index is 0.0340. The van der Waals surface area contributed by atoms with E-state index >= 15 is 8.78 Å². The van der Waals surface area contributed by atoms with Crippen LogP contribution in [0.3, 0.4) is 0 Å². The molecule has 0 amide bonds. The number of aliphatic hydroxyl groups is 2. The van der Waals surface area contributed by atoms with Crippen molar-refractivity contribution in [1.82, 2.24) is 0 Å². The fraction of sp³-hybridized carbons (Fsp3) is 0.595. The molecule has 0 heterocycles. The molecule has 45 heavy (non-hydrogen) atoms. The van der Waals surface area contributed by atoms with Crippen molar-refractivity contribution in [2.75, 3.05) is 33.0 Å². The van der Waals surface area contributed by atoms with Crippen molar-refractivity contribution in [1.29, 1.82) is 0 Å². The van der Waals surface area contributed by atoms with E-state index in [9.17, 15) is 9.90 Å². The van der Waals surface area contributed by atoms with Crippen LogP contribution >= 0.6 is 0 Å². The van der Waals surface area contributed by atoms with Crippen LogP contribution in [0.4, 0.5) is 8.78 Å². The molecule has 2 rings (SSSR count). The summed E-state index contributed by atoms with van der Waals surface area (Å²) >= 11 is 0. The molecule has 0 saturated carbocycles. The lowest BCUT2D eigenvalue weighted by molar-refractivity contribution is -0.140. The van der Waals surface area contributed by atoms with Crippen molar-refractivity contribution in [2.24, 2.45) is 0 Å². The molecule has 8 heteroatoms. The Morgan fingerprint density at radius 2 is 1.56 bits per heavy atom. The van der Waals surface area contributed by atoms with Gasteiger partial charge in [-0.1, -0.05) is 78.4 Å². The molecule has 1 atom stereocenters. The third kappa shape index (κ3) is 13.5. The number of hydrogen-bond acceptors (Lipinski definition) is 6. The Morgan fingerprint density at radius 1 is 0.889 bits per heavy atom. The summed E-state index contributed by atoms with van der Waals surface area (Å²) in [6.45, 7) is 11.0. The van der Waals surface area contributed by atoms with Crippen LogP contribution in [-0.2, 0) is 20.7 Å². The molecule has 0 aliphatic heterocycles. The van der Waals surface area contributed by atoms with Gasteiger partial charge >= 0.3 is 5.97 Å². The number of hydrogen-bond donors (Lipinski definition) is 2. The highest BCUT2D eigenvalue weighted by atomic mass is 19.1. The normalized spacial score (nSPS) is 14.7. The van der Waals surface area contributed by atoms with Crippen molar-refractivity contribution in [2.45, 2.75) is 110 Å². The number of alkyl halides is 1. The van der Waals surface area contributed by atoms with E-state index in [1.807, 2.05) is 6.08 Å². The summed E-state index contributed by atoms with van der Waals surface area (Å²) in [4.78, 5) is 11.8. The van der Waals surface area contributed by atoms with Gasteiger partial charge in [0.1, 0.15) is 31.0 Å². The molecular formula is C37H54F2O6. The van der Waals surface area contributed by atoms with Gasteiger partial charge in [0, 0.05) is 18.9 Å². The van der Waals surface area contributed by atoms with E-state index in [1.165, 1.54) is 6.07 Å². The first-order valence-corrected chi connectivity index (χ1v) is 16.6. The van der Waals surface area contributed by atoms with Crippen LogP contribution in [-0.4, -0.2) is 55.4 Å². The van der Waals surface area contributed by atoms with E-state index in [0.717, 1.165) is 64.2 Å². The Morgan fingerprint density at radius 3 is 2.20 bits per heavy atom. The van der Waals surface area contributed by atoms with E-state index in [-0.39, 0.29) is 44.2 Å². The van der Waals surface area contributed by atoms with Gasteiger partial charge < -0.3 is 24.4 Å². The van der Waals surface area contributed by atoms with Gasteiger partial charge in [0.2, 0.25) is 0 Å². The molecule has 1 aromatic carbocycles. The van der Waals surface area contributed by atoms with Gasteiger partial charge in [-0.3, -0.25) is 0 Å². The SMILES string of the molecule is C=C(CO)CCOC1=CC(c2cc(OCCOC(=O)C(=C)CO)cc(F)c2CCCCCCC)=C(CCCCCCC)C(F)C1. The second kappa shape index (κ2) is 21.7. The molecular weight excluding hydrogens is 578 g/mol. The molecule has 1 unspecified atom stereocenters. The lowest BCUT2D eigenvalue weighted by Crippen LogP contribution is -2.17. The van der Waals surface area contributed by atoms with Gasteiger partial charge in [-0.25, -0.2) is 13.6 Å². The summed E-state index contributed by atoms with van der Waals surface area (Å²) < 4.78 is 48.7. The van der Waals surface area contributed by atoms with Gasteiger partial charge in [-0.15, -0.1) is 0 Å². The van der Waals surface area contributed by atoms with Crippen molar-refractivity contribution < 1.29 is 38.0 Å². The molecule has 0 bridgehead atoms. The van der Waals surface area contributed by atoms with Crippen LogP contribution in [0.1, 0.15) is 108 Å². The third-order valence-corrected chi connectivity index (χ3v) is 7.98. The predicted molar refractivity (Wildman–Crippen MR) is 176 cm³/mol. The van der Waals surface area contributed by atoms with E-state index in [2.05, 4.69) is 27.0 Å². The summed E-state index contributed by atoms with van der Waals surface area (Å²) in [5.74, 6) is -0.416. The minimum atomic E-state index is -1.27. The van der Waals surface area contributed by atoms with E-state index < -0.39 is 24.6 Å². The van der Waals surface area contributed by atoms with Crippen LogP contribution in [0.2, 0.25) is 0 Å². The van der Waals surface area contributed by atoms with E-state index in [1.54, 1.807) is 6.07 Å². The molecule has 0 saturated heterocycles. The Bertz CT molecular complexity index is 1160. The second-order valence-corrected chi connectivity index (χ2v) is 11.7. The van der Waals surface area contributed by atoms with Crippen LogP contribution < -0.4 is 4.74 Å². The van der Waals surface area contributed by atoms with Gasteiger partial charge in [0.05, 0.1) is 31.2 Å². The quantitative estimate of drug-likeness (QED) is 0.0515. The molecule has 252 valence electrons. The topological polar surface area (TPSA) is 85.2 Å². The molecule has 1 aromatic rings. The summed E-state index contributed by atoms with van der Waals surface area (Å²) in [6, 6.07) is 3.09. The zero-order chi connectivity index (χ0) is 33.0. The van der Waals surface area contributed by atoms with E-state index in [4.69, 9.17) is 19.3 Å². The van der Waals surface area contributed by atoms with Crippen molar-refractivity contribution >= 4 is 11.5 Å². The number of benzene rings is 1. The average molecular weight is 633 g/mol. The first-order valence-electron chi connectivity index (χ1n) is 16.6. The number of carbonyl (C=O) groups is 1. The largest absolute Gasteiger partial charge is 0.497 e. The second-order valence-electron chi connectivity index (χ2n) is 11.7. The summed E-state index contributed by atoms with van der Waals surface area (Å²) in [7, 11) is 0. The highest BCUT2D eigenvalue weighted by molar-refractivity contribution is 5.87. The van der Waals surface area contributed by atoms with Gasteiger partial charge in [0.25, 0.3) is 0 Å². The van der Waals surface area contributed by atoms with Crippen LogP contribution in [0.5, 0.6) is 5.75 Å². The molecule has 2 N–H and O–H groups in total. The van der Waals surface area contributed by atoms with Gasteiger partial charge in [0.15, 0.2) is 0 Å². The van der Waals surface area contributed by atoms with Crippen LogP contribution in [0, 0.1) is 5.82 Å². The standard InChI is InChI=1S/C37H54F2O6/c1-5-7-9-11-13-15-31-33(21-29(23-35(31)38)43-18-17-27(3)25-40)34-22-30(44-19-20-45-37(42)28(4)26-41)24-36(39)32(34)16-14-12-10-8-6-2/h21-22,24,35,40-41H,3-20,23,25-26H2,1-2H3. The zero-order valence-electron chi connectivity index (χ0n) is 27.4. The average Bonchev–Trinajstić information content (AvgIpc) is 3.03. The smallest absolute Gasteiger partial charge is 0.335 e. The summed E-state index contributed by atoms with van der Waals surface area (Å²) in [5.41, 5.74) is 2.98. The number of allylic oxidation sites excluding steroid dienone is 4. The fourth-order valence-corrected chi connectivity index (χ4v) is 5.30. The molecule has 1 aliphatic carbocycles. The maximum absolute atomic E-state index is 16.0. The number of ether oxygens (including phenoxy) is 3. The van der Waals surface area contributed by atoms with Crippen molar-refractivity contribution in [3.63, 3.8) is 0 Å². The third-order valence-electron chi connectivity index (χ3n) is 7.98. The zero-order valence-corrected chi connectivity index (χ0v) is 27.4. The number of carbonyl (C=O) groups excluding carboxylic acids is 1. The highest BCUT2D eigenvalue weighted by Gasteiger charge is 2.27. The number of esters is 1. The Labute approximate surface area is 268 Å². The Balaban J connectivity index is 2.45. The van der Waals surface area contributed by atoms with Crippen molar-refractivity contribution in [3.05, 3.63) is 70.8 Å². The highest BCUT2D eigenvalue weighted by Crippen LogP contribution is 2.40. The lowest BCUT2D eigenvalue weighted by atomic mass is 9.84. The number of rotatable bonds is 24. The predicted octanol–water partition coefficient (Wildman–Crippen LogP) is 8.50. The summed E-state index contributed by atoms with van der Waals surface area (Å²) in [6.07, 6.45) is 12.5. The Hall–Kier alpha value is -2.97. The maximum atomic E-state index is 16.0. The first-order chi connectivity index (χ1) is 21.7. The van der Waals surface area contributed by atoms with Crippen LogP contribution in [0.25, 0.3) is 5.57 Å². The van der Waals surface area contributed by atoms with Crippen LogP contribution in [0.15, 0.2) is 53.8 Å². The Kier molecular flexibility index (Phi) is 18.4. The fourth-order valence-electron chi connectivity index (χ4n) is 5.30. The van der Waals surface area contributed by atoms with E-state index in [0.29, 0.717) is 52.9 Å². The monoisotopic (exact) mass is 632 g/mol. The van der Waals surface area contributed by atoms with Gasteiger partial charge in [-0.2, -0.15) is 0 Å². The molecule has 0 fully saturated rings. The lowest BCUT2D eigenvalue weighted by Gasteiger charge is -2.26. The molecule has 1 aliphatic rings. The number of aliphatic hydroxyl groups excluding tert-OH is 2. The molecule has 0 radical (unpaired) electrons. The molecule has 6 nitrogen and oxygen atoms in total. The minimum Gasteiger partial charge on any atom is -0.497 e.